The van der Waals surface area contributed by atoms with E-state index in [4.69, 9.17) is 4.74 Å². The van der Waals surface area contributed by atoms with Crippen molar-refractivity contribution in [1.82, 2.24) is 4.40 Å². The first-order chi connectivity index (χ1) is 12.2. The van der Waals surface area contributed by atoms with Crippen molar-refractivity contribution >= 4 is 22.2 Å². The fourth-order valence-electron chi connectivity index (χ4n) is 3.10. The first-order valence-electron chi connectivity index (χ1n) is 7.85. The Morgan fingerprint density at radius 2 is 1.76 bits per heavy atom. The van der Waals surface area contributed by atoms with Crippen molar-refractivity contribution in [3.8, 4) is 11.8 Å². The van der Waals surface area contributed by atoms with E-state index < -0.39 is 0 Å². The standard InChI is InChI=1S/C21H14N2O2/c1-25-17-9-6-15(7-10-17)21(24)20-12-16(13-22)19-11-8-14-4-2-3-5-18(14)23(19)20/h2-12H,1H3. The molecule has 0 N–H and O–H groups in total. The number of ether oxygens (including phenoxy) is 1. The zero-order chi connectivity index (χ0) is 17.4. The van der Waals surface area contributed by atoms with Crippen LogP contribution in [0.2, 0.25) is 0 Å². The van der Waals surface area contributed by atoms with Gasteiger partial charge < -0.3 is 9.14 Å². The van der Waals surface area contributed by atoms with E-state index in [-0.39, 0.29) is 5.78 Å². The van der Waals surface area contributed by atoms with Crippen molar-refractivity contribution in [2.45, 2.75) is 0 Å². The van der Waals surface area contributed by atoms with Gasteiger partial charge in [0, 0.05) is 5.56 Å². The van der Waals surface area contributed by atoms with Crippen LogP contribution < -0.4 is 4.74 Å². The second-order valence-electron chi connectivity index (χ2n) is 5.73. The Labute approximate surface area is 144 Å². The van der Waals surface area contributed by atoms with E-state index in [2.05, 4.69) is 6.07 Å². The summed E-state index contributed by atoms with van der Waals surface area (Å²) in [5, 5.41) is 10.5. The van der Waals surface area contributed by atoms with E-state index in [0.717, 1.165) is 16.4 Å². The van der Waals surface area contributed by atoms with Crippen molar-refractivity contribution in [2.24, 2.45) is 0 Å². The summed E-state index contributed by atoms with van der Waals surface area (Å²) in [7, 11) is 1.59. The van der Waals surface area contributed by atoms with Gasteiger partial charge in [-0.25, -0.2) is 0 Å². The van der Waals surface area contributed by atoms with Gasteiger partial charge in [0.2, 0.25) is 5.78 Å². The summed E-state index contributed by atoms with van der Waals surface area (Å²) in [5.41, 5.74) is 3.16. The summed E-state index contributed by atoms with van der Waals surface area (Å²) in [6, 6.07) is 22.5. The minimum Gasteiger partial charge on any atom is -0.497 e. The number of hydrogen-bond donors (Lipinski definition) is 0. The van der Waals surface area contributed by atoms with Crippen molar-refractivity contribution < 1.29 is 9.53 Å². The highest BCUT2D eigenvalue weighted by atomic mass is 16.5. The molecular formula is C21H14N2O2. The summed E-state index contributed by atoms with van der Waals surface area (Å²) in [6.45, 7) is 0. The molecule has 0 atom stereocenters. The second-order valence-corrected chi connectivity index (χ2v) is 5.73. The lowest BCUT2D eigenvalue weighted by molar-refractivity contribution is 0.103. The molecule has 0 aliphatic heterocycles. The molecule has 0 unspecified atom stereocenters. The summed E-state index contributed by atoms with van der Waals surface area (Å²) in [5.74, 6) is 0.565. The number of para-hydroxylation sites is 1. The molecule has 2 heterocycles. The van der Waals surface area contributed by atoms with Gasteiger partial charge in [-0.3, -0.25) is 4.79 Å². The monoisotopic (exact) mass is 326 g/mol. The van der Waals surface area contributed by atoms with Gasteiger partial charge in [0.15, 0.2) is 0 Å². The smallest absolute Gasteiger partial charge is 0.209 e. The highest BCUT2D eigenvalue weighted by molar-refractivity contribution is 6.10. The van der Waals surface area contributed by atoms with Gasteiger partial charge in [-0.2, -0.15) is 5.26 Å². The molecule has 4 heteroatoms. The average Bonchev–Trinajstić information content (AvgIpc) is 3.06. The lowest BCUT2D eigenvalue weighted by Gasteiger charge is -2.07. The highest BCUT2D eigenvalue weighted by Gasteiger charge is 2.18. The van der Waals surface area contributed by atoms with Crippen LogP contribution in [0.5, 0.6) is 5.75 Å². The number of carbonyl (C=O) groups is 1. The van der Waals surface area contributed by atoms with Gasteiger partial charge in [-0.15, -0.1) is 0 Å². The van der Waals surface area contributed by atoms with Gasteiger partial charge in [0.25, 0.3) is 0 Å². The first-order valence-corrected chi connectivity index (χ1v) is 7.85. The van der Waals surface area contributed by atoms with Crippen LogP contribution in [0.3, 0.4) is 0 Å². The molecule has 2 aromatic heterocycles. The number of methoxy groups -OCH3 is 1. The normalized spacial score (nSPS) is 10.7. The van der Waals surface area contributed by atoms with Crippen LogP contribution in [0.1, 0.15) is 21.6 Å². The molecule has 120 valence electrons. The highest BCUT2D eigenvalue weighted by Crippen LogP contribution is 2.25. The zero-order valence-corrected chi connectivity index (χ0v) is 13.6. The van der Waals surface area contributed by atoms with Gasteiger partial charge >= 0.3 is 0 Å². The maximum absolute atomic E-state index is 13.1. The predicted molar refractivity (Wildman–Crippen MR) is 96.0 cm³/mol. The van der Waals surface area contributed by atoms with Crippen molar-refractivity contribution in [1.29, 1.82) is 5.26 Å². The van der Waals surface area contributed by atoms with E-state index in [1.165, 1.54) is 0 Å². The van der Waals surface area contributed by atoms with Gasteiger partial charge in [0.1, 0.15) is 11.8 Å². The quantitative estimate of drug-likeness (QED) is 0.530. The molecule has 0 saturated heterocycles. The molecule has 4 aromatic rings. The Balaban J connectivity index is 1.98. The van der Waals surface area contributed by atoms with Gasteiger partial charge in [-0.1, -0.05) is 24.3 Å². The van der Waals surface area contributed by atoms with Gasteiger partial charge in [-0.05, 0) is 47.9 Å². The van der Waals surface area contributed by atoms with Crippen molar-refractivity contribution in [2.75, 3.05) is 7.11 Å². The molecular weight excluding hydrogens is 312 g/mol. The Hall–Kier alpha value is -3.58. The molecule has 0 spiro atoms. The summed E-state index contributed by atoms with van der Waals surface area (Å²) < 4.78 is 7.01. The third kappa shape index (κ3) is 2.34. The van der Waals surface area contributed by atoms with E-state index in [0.29, 0.717) is 22.6 Å². The third-order valence-electron chi connectivity index (χ3n) is 4.34. The van der Waals surface area contributed by atoms with Crippen LogP contribution in [0.4, 0.5) is 0 Å². The minimum absolute atomic E-state index is 0.129. The minimum atomic E-state index is -0.129. The number of carbonyl (C=O) groups excluding carboxylic acids is 1. The Morgan fingerprint density at radius 1 is 1.00 bits per heavy atom. The molecule has 2 aromatic carbocycles. The largest absolute Gasteiger partial charge is 0.497 e. The molecule has 0 amide bonds. The van der Waals surface area contributed by atoms with E-state index in [1.54, 1.807) is 37.4 Å². The number of aromatic nitrogens is 1. The maximum Gasteiger partial charge on any atom is 0.209 e. The molecule has 4 nitrogen and oxygen atoms in total. The molecule has 0 saturated carbocycles. The lowest BCUT2D eigenvalue weighted by atomic mass is 10.1. The van der Waals surface area contributed by atoms with E-state index >= 15 is 0 Å². The number of nitriles is 1. The molecule has 25 heavy (non-hydrogen) atoms. The average molecular weight is 326 g/mol. The first kappa shape index (κ1) is 15.0. The summed E-state index contributed by atoms with van der Waals surface area (Å²) in [4.78, 5) is 13.1. The van der Waals surface area contributed by atoms with E-state index in [1.807, 2.05) is 40.8 Å². The number of fused-ring (bicyclic) bond motifs is 3. The molecule has 0 aliphatic carbocycles. The number of nitrogens with zero attached hydrogens (tertiary/aromatic N) is 2. The van der Waals surface area contributed by atoms with Gasteiger partial charge in [0.05, 0.1) is 29.4 Å². The molecule has 0 radical (unpaired) electrons. The van der Waals surface area contributed by atoms with Crippen LogP contribution >= 0.6 is 0 Å². The second kappa shape index (κ2) is 5.81. The number of ketones is 1. The predicted octanol–water partition coefficient (Wildman–Crippen LogP) is 4.20. The molecule has 4 rings (SSSR count). The summed E-state index contributed by atoms with van der Waals surface area (Å²) in [6.07, 6.45) is 0. The third-order valence-corrected chi connectivity index (χ3v) is 4.34. The fourth-order valence-corrected chi connectivity index (χ4v) is 3.10. The molecule has 0 bridgehead atoms. The van der Waals surface area contributed by atoms with E-state index in [9.17, 15) is 10.1 Å². The van der Waals surface area contributed by atoms with Crippen LogP contribution in [0, 0.1) is 11.3 Å². The summed E-state index contributed by atoms with van der Waals surface area (Å²) >= 11 is 0. The lowest BCUT2D eigenvalue weighted by Crippen LogP contribution is -2.05. The molecule has 0 aliphatic rings. The SMILES string of the molecule is COc1ccc(C(=O)c2cc(C#N)c3ccc4ccccc4n23)cc1. The number of benzene rings is 2. The fraction of sp³-hybridized carbons (Fsp3) is 0.0476. The molecule has 0 fully saturated rings. The maximum atomic E-state index is 13.1. The topological polar surface area (TPSA) is 54.5 Å². The number of rotatable bonds is 3. The van der Waals surface area contributed by atoms with Crippen LogP contribution in [0.25, 0.3) is 16.4 Å². The van der Waals surface area contributed by atoms with Crippen molar-refractivity contribution in [3.63, 3.8) is 0 Å². The Morgan fingerprint density at radius 3 is 2.48 bits per heavy atom. The van der Waals surface area contributed by atoms with Crippen LogP contribution in [0.15, 0.2) is 66.7 Å². The Bertz CT molecular complexity index is 1150. The van der Waals surface area contributed by atoms with Crippen molar-refractivity contribution in [3.05, 3.63) is 83.6 Å². The Kier molecular flexibility index (Phi) is 3.48. The zero-order valence-electron chi connectivity index (χ0n) is 13.6. The number of pyridine rings is 1. The van der Waals surface area contributed by atoms with Crippen LogP contribution in [-0.4, -0.2) is 17.3 Å². The van der Waals surface area contributed by atoms with Crippen LogP contribution in [-0.2, 0) is 0 Å². The number of hydrogen-bond acceptors (Lipinski definition) is 3.